The first kappa shape index (κ1) is 10.8. The molecule has 0 aliphatic carbocycles. The summed E-state index contributed by atoms with van der Waals surface area (Å²) in [4.78, 5) is 7.81. The molecule has 0 aliphatic heterocycles. The van der Waals surface area contributed by atoms with Crippen LogP contribution in [0.3, 0.4) is 0 Å². The standard InChI is InChI=1S/C7H12N4.H3N/c8-4-1-2-6-3-5-10-7(9)11-6;/h3,5H,1-2,4,8H2,(H2,9,10,11);1H3. The minimum atomic E-state index is 0. The van der Waals surface area contributed by atoms with Crippen LogP contribution in [0.15, 0.2) is 12.3 Å². The Labute approximate surface area is 71.8 Å². The highest BCUT2D eigenvalue weighted by molar-refractivity contribution is 5.17. The molecule has 5 heteroatoms. The van der Waals surface area contributed by atoms with Gasteiger partial charge in [-0.05, 0) is 25.5 Å². The molecule has 0 saturated heterocycles. The average Bonchev–Trinajstić information content (AvgIpc) is 2.01. The third kappa shape index (κ3) is 3.27. The van der Waals surface area contributed by atoms with Crippen LogP contribution in [-0.4, -0.2) is 16.5 Å². The molecule has 0 aliphatic rings. The largest absolute Gasteiger partial charge is 0.368 e. The Hall–Kier alpha value is -1.20. The fourth-order valence-corrected chi connectivity index (χ4v) is 0.835. The van der Waals surface area contributed by atoms with Gasteiger partial charge in [-0.1, -0.05) is 0 Å². The second-order valence-electron chi connectivity index (χ2n) is 2.30. The zero-order valence-electron chi connectivity index (χ0n) is 7.03. The predicted molar refractivity (Wildman–Crippen MR) is 48.8 cm³/mol. The molecular weight excluding hydrogens is 154 g/mol. The molecular formula is C7H15N5. The maximum atomic E-state index is 5.38. The van der Waals surface area contributed by atoms with Gasteiger partial charge in [0.25, 0.3) is 0 Å². The molecule has 0 radical (unpaired) electrons. The van der Waals surface area contributed by atoms with Gasteiger partial charge in [0.15, 0.2) is 0 Å². The SMILES string of the molecule is N.NCCCc1ccnc(N)n1. The maximum Gasteiger partial charge on any atom is 0.220 e. The highest BCUT2D eigenvalue weighted by Gasteiger charge is 1.93. The number of nitrogens with zero attached hydrogens (tertiary/aromatic N) is 2. The minimum Gasteiger partial charge on any atom is -0.368 e. The first-order chi connectivity index (χ1) is 5.33. The van der Waals surface area contributed by atoms with E-state index >= 15 is 0 Å². The summed E-state index contributed by atoms with van der Waals surface area (Å²) < 4.78 is 0. The average molecular weight is 169 g/mol. The molecule has 0 aromatic carbocycles. The van der Waals surface area contributed by atoms with Gasteiger partial charge in [0, 0.05) is 11.9 Å². The lowest BCUT2D eigenvalue weighted by Gasteiger charge is -1.97. The Kier molecular flexibility index (Phi) is 4.91. The first-order valence-electron chi connectivity index (χ1n) is 3.60. The van der Waals surface area contributed by atoms with E-state index in [9.17, 15) is 0 Å². The van der Waals surface area contributed by atoms with Crippen LogP contribution in [-0.2, 0) is 6.42 Å². The van der Waals surface area contributed by atoms with Crippen LogP contribution in [0.25, 0.3) is 0 Å². The monoisotopic (exact) mass is 169 g/mol. The number of nitrogen functional groups attached to an aromatic ring is 1. The van der Waals surface area contributed by atoms with Crippen LogP contribution >= 0.6 is 0 Å². The summed E-state index contributed by atoms with van der Waals surface area (Å²) in [6, 6.07) is 1.85. The number of nitrogens with two attached hydrogens (primary N) is 2. The molecule has 0 spiro atoms. The van der Waals surface area contributed by atoms with Crippen LogP contribution in [0.4, 0.5) is 5.95 Å². The van der Waals surface area contributed by atoms with Gasteiger partial charge < -0.3 is 17.6 Å². The third-order valence-electron chi connectivity index (χ3n) is 1.37. The summed E-state index contributed by atoms with van der Waals surface area (Å²) in [5, 5.41) is 0. The van der Waals surface area contributed by atoms with Crippen LogP contribution in [0.5, 0.6) is 0 Å². The molecule has 0 amide bonds. The van der Waals surface area contributed by atoms with Gasteiger partial charge in [-0.25, -0.2) is 9.97 Å². The van der Waals surface area contributed by atoms with E-state index in [0.29, 0.717) is 12.5 Å². The highest BCUT2D eigenvalue weighted by Crippen LogP contribution is 1.98. The van der Waals surface area contributed by atoms with Crippen molar-refractivity contribution in [3.63, 3.8) is 0 Å². The summed E-state index contributed by atoms with van der Waals surface area (Å²) in [7, 11) is 0. The molecule has 0 atom stereocenters. The highest BCUT2D eigenvalue weighted by atomic mass is 15.0. The fourth-order valence-electron chi connectivity index (χ4n) is 0.835. The van der Waals surface area contributed by atoms with Gasteiger partial charge >= 0.3 is 0 Å². The third-order valence-corrected chi connectivity index (χ3v) is 1.37. The van der Waals surface area contributed by atoms with E-state index in [4.69, 9.17) is 11.5 Å². The molecule has 0 fully saturated rings. The van der Waals surface area contributed by atoms with E-state index in [2.05, 4.69) is 9.97 Å². The van der Waals surface area contributed by atoms with E-state index in [-0.39, 0.29) is 6.15 Å². The summed E-state index contributed by atoms with van der Waals surface area (Å²) >= 11 is 0. The molecule has 1 aromatic heterocycles. The Bertz CT molecular complexity index is 225. The quantitative estimate of drug-likeness (QED) is 0.594. The molecule has 68 valence electrons. The fraction of sp³-hybridized carbons (Fsp3) is 0.429. The van der Waals surface area contributed by atoms with E-state index < -0.39 is 0 Å². The molecule has 5 nitrogen and oxygen atoms in total. The van der Waals surface area contributed by atoms with Gasteiger partial charge in [0.05, 0.1) is 0 Å². The molecule has 0 bridgehead atoms. The van der Waals surface area contributed by atoms with Crippen LogP contribution in [0, 0.1) is 0 Å². The molecule has 12 heavy (non-hydrogen) atoms. The van der Waals surface area contributed by atoms with E-state index in [1.807, 2.05) is 6.07 Å². The molecule has 1 aromatic rings. The van der Waals surface area contributed by atoms with Gasteiger partial charge in [-0.3, -0.25) is 0 Å². The summed E-state index contributed by atoms with van der Waals surface area (Å²) in [6.45, 7) is 0.684. The Balaban J connectivity index is 0.00000121. The second-order valence-corrected chi connectivity index (χ2v) is 2.30. The molecule has 0 unspecified atom stereocenters. The van der Waals surface area contributed by atoms with Crippen LogP contribution in [0.1, 0.15) is 12.1 Å². The number of hydrogen-bond acceptors (Lipinski definition) is 5. The lowest BCUT2D eigenvalue weighted by atomic mass is 10.2. The van der Waals surface area contributed by atoms with Crippen LogP contribution in [0.2, 0.25) is 0 Å². The molecule has 1 rings (SSSR count). The van der Waals surface area contributed by atoms with Crippen molar-refractivity contribution in [1.82, 2.24) is 16.1 Å². The van der Waals surface area contributed by atoms with Crippen molar-refractivity contribution in [3.8, 4) is 0 Å². The van der Waals surface area contributed by atoms with Gasteiger partial charge in [-0.15, -0.1) is 0 Å². The number of hydrogen-bond donors (Lipinski definition) is 3. The molecule has 7 N–H and O–H groups in total. The first-order valence-corrected chi connectivity index (χ1v) is 3.60. The Morgan fingerprint density at radius 1 is 1.42 bits per heavy atom. The smallest absolute Gasteiger partial charge is 0.220 e. The number of aryl methyl sites for hydroxylation is 1. The van der Waals surface area contributed by atoms with Crippen molar-refractivity contribution < 1.29 is 0 Å². The van der Waals surface area contributed by atoms with Gasteiger partial charge in [0.1, 0.15) is 0 Å². The lowest BCUT2D eigenvalue weighted by molar-refractivity contribution is 0.808. The van der Waals surface area contributed by atoms with Crippen molar-refractivity contribution in [2.75, 3.05) is 12.3 Å². The van der Waals surface area contributed by atoms with Gasteiger partial charge in [0.2, 0.25) is 5.95 Å². The lowest BCUT2D eigenvalue weighted by Crippen LogP contribution is -2.03. The zero-order chi connectivity index (χ0) is 8.10. The van der Waals surface area contributed by atoms with Crippen molar-refractivity contribution in [2.45, 2.75) is 12.8 Å². The summed E-state index contributed by atoms with van der Waals surface area (Å²) in [5.74, 6) is 0.333. The normalized spacial score (nSPS) is 9.08. The minimum absolute atomic E-state index is 0. The maximum absolute atomic E-state index is 5.38. The van der Waals surface area contributed by atoms with E-state index in [1.54, 1.807) is 6.20 Å². The summed E-state index contributed by atoms with van der Waals surface area (Å²) in [6.07, 6.45) is 3.48. The van der Waals surface area contributed by atoms with Crippen molar-refractivity contribution in [1.29, 1.82) is 0 Å². The Morgan fingerprint density at radius 3 is 2.75 bits per heavy atom. The number of aromatic nitrogens is 2. The predicted octanol–water partition coefficient (Wildman–Crippen LogP) is 0.112. The van der Waals surface area contributed by atoms with Crippen molar-refractivity contribution >= 4 is 5.95 Å². The topological polar surface area (TPSA) is 113 Å². The molecule has 0 saturated carbocycles. The van der Waals surface area contributed by atoms with Crippen LogP contribution < -0.4 is 17.6 Å². The summed E-state index contributed by atoms with van der Waals surface area (Å²) in [5.41, 5.74) is 11.7. The Morgan fingerprint density at radius 2 is 2.17 bits per heavy atom. The zero-order valence-corrected chi connectivity index (χ0v) is 7.03. The van der Waals surface area contributed by atoms with Crippen molar-refractivity contribution in [3.05, 3.63) is 18.0 Å². The number of anilines is 1. The van der Waals surface area contributed by atoms with Gasteiger partial charge in [-0.2, -0.15) is 0 Å². The van der Waals surface area contributed by atoms with Crippen molar-refractivity contribution in [2.24, 2.45) is 5.73 Å². The van der Waals surface area contributed by atoms with E-state index in [0.717, 1.165) is 18.5 Å². The number of rotatable bonds is 3. The second kappa shape index (κ2) is 5.45. The molecule has 1 heterocycles. The van der Waals surface area contributed by atoms with E-state index in [1.165, 1.54) is 0 Å².